The Labute approximate surface area is 443 Å². The molecule has 408 valence electrons. The molecule has 0 saturated heterocycles. The number of phenols is 1. The van der Waals surface area contributed by atoms with Gasteiger partial charge < -0.3 is 60.9 Å². The van der Waals surface area contributed by atoms with Crippen LogP contribution in [-0.2, 0) is 47.9 Å². The highest BCUT2D eigenvalue weighted by atomic mass is 16.3. The number of aliphatic hydroxyl groups is 2. The first-order valence-corrected chi connectivity index (χ1v) is 23.5. The topological polar surface area (TPSA) is 330 Å². The van der Waals surface area contributed by atoms with Gasteiger partial charge in [0.15, 0.2) is 0 Å². The lowest BCUT2D eigenvalue weighted by atomic mass is 10.1. The van der Waals surface area contributed by atoms with Crippen molar-refractivity contribution < 1.29 is 72.9 Å². The van der Waals surface area contributed by atoms with E-state index in [4.69, 9.17) is 0 Å². The zero-order valence-electron chi connectivity index (χ0n) is 41.8. The number of benzene rings is 4. The molecule has 2 aliphatic rings. The summed E-state index contributed by atoms with van der Waals surface area (Å²) in [6.07, 6.45) is 0.428. The zero-order chi connectivity index (χ0) is 55.8. The van der Waals surface area contributed by atoms with Crippen molar-refractivity contribution in [1.82, 2.24) is 21.3 Å². The van der Waals surface area contributed by atoms with Crippen LogP contribution in [0.5, 0.6) is 5.75 Å². The number of hydrogen-bond donors (Lipinski definition) is 7. The van der Waals surface area contributed by atoms with Gasteiger partial charge >= 0.3 is 0 Å². The van der Waals surface area contributed by atoms with Crippen LogP contribution < -0.4 is 45.8 Å². The van der Waals surface area contributed by atoms with Crippen LogP contribution in [0.3, 0.4) is 0 Å². The maximum absolute atomic E-state index is 13.7. The van der Waals surface area contributed by atoms with Gasteiger partial charge in [-0.25, -0.2) is 0 Å². The predicted octanol–water partition coefficient (Wildman–Crippen LogP) is 0.0475. The number of amides is 8. The number of Topliss-reactive ketones (excluding diaryl/α,β-unsaturated/α-hetero) is 2. The number of carbonyl (C=O) groups excluding carboxylic acids is 12. The number of aromatic hydroxyl groups is 1. The first-order chi connectivity index (χ1) is 36.2. The molecule has 7 N–H and O–H groups in total. The van der Waals surface area contributed by atoms with Gasteiger partial charge in [0.2, 0.25) is 11.8 Å². The van der Waals surface area contributed by atoms with Crippen molar-refractivity contribution in [2.24, 2.45) is 0 Å². The fourth-order valence-electron chi connectivity index (χ4n) is 8.04. The van der Waals surface area contributed by atoms with Crippen LogP contribution >= 0.6 is 0 Å². The summed E-state index contributed by atoms with van der Waals surface area (Å²) in [6.45, 7) is -0.922. The van der Waals surface area contributed by atoms with E-state index < -0.39 is 97.7 Å². The smallest absolute Gasteiger partial charge is 0.252 e. The van der Waals surface area contributed by atoms with E-state index in [9.17, 15) is 72.9 Å². The number of aldehydes is 2. The van der Waals surface area contributed by atoms with Gasteiger partial charge in [-0.2, -0.15) is 0 Å². The van der Waals surface area contributed by atoms with Crippen molar-refractivity contribution in [2.75, 3.05) is 78.0 Å². The number of nitrogens with zero attached hydrogens (tertiary/aromatic N) is 5. The quantitative estimate of drug-likeness (QED) is 0.0610. The Bertz CT molecular complexity index is 2860. The van der Waals surface area contributed by atoms with E-state index in [1.165, 1.54) is 61.2 Å². The third kappa shape index (κ3) is 15.9. The molecule has 24 nitrogen and oxygen atoms in total. The van der Waals surface area contributed by atoms with Crippen molar-refractivity contribution in [2.45, 2.75) is 58.3 Å². The average Bonchev–Trinajstić information content (AvgIpc) is 3.58. The maximum atomic E-state index is 13.7. The van der Waals surface area contributed by atoms with Crippen LogP contribution in [0.25, 0.3) is 0 Å². The van der Waals surface area contributed by atoms with Crippen LogP contribution in [0.15, 0.2) is 97.1 Å². The van der Waals surface area contributed by atoms with Crippen molar-refractivity contribution in [1.29, 1.82) is 0 Å². The minimum absolute atomic E-state index is 0. The average molecular weight is 1060 g/mol. The van der Waals surface area contributed by atoms with Gasteiger partial charge in [-0.3, -0.25) is 57.7 Å². The molecule has 4 atom stereocenters. The first kappa shape index (κ1) is 60.4. The number of hydrogen-bond acceptors (Lipinski definition) is 16. The molecule has 2 aliphatic heterocycles. The van der Waals surface area contributed by atoms with Gasteiger partial charge in [0, 0.05) is 43.8 Å². The molecule has 8 amide bonds. The molecule has 0 aliphatic carbocycles. The Kier molecular flexibility index (Phi) is 21.9. The van der Waals surface area contributed by atoms with Gasteiger partial charge in [-0.15, -0.1) is 0 Å². The third-order valence-electron chi connectivity index (χ3n) is 11.7. The number of nitrogens with one attached hydrogen (secondary N) is 4. The number of para-hydroxylation sites is 4. The number of fused-ring (bicyclic) bond motifs is 2. The summed E-state index contributed by atoms with van der Waals surface area (Å²) in [6, 6.07) is 19.7. The van der Waals surface area contributed by atoms with Gasteiger partial charge in [-0.05, 0) is 86.6 Å². The normalized spacial score (nSPS) is 15.4. The van der Waals surface area contributed by atoms with Crippen molar-refractivity contribution in [3.8, 4) is 5.75 Å². The standard InChI is InChI=1S/C27H31N5O7.C25H26N4O8.CH4/c1-17(35)12-19(15-33)28-24(36)14-32-23-7-5-4-6-22(23)31(25(37)16-34)13-21(27(32)39)29-26(38)18-8-10-20(11-9-18)30(2)3;1-15(32)10-17(13-30)26-22(34)12-29-21-5-3-2-4-20(21)28(23(35)14-31)11-19(25(29)37)27-24(36)16-6-8-18(33)9-7-16;/h4-11,15,19,21,34H,12-14,16H2,1-3H3,(H,28,36)(H,29,38);2-9,13,17,19,31,33H,10-12,14H2,1H3,(H,26,34)(H,27,36);1H4/t19-,21-;17-,19-;/m00./s1. The molecular formula is C53H61N9O15. The second-order valence-electron chi connectivity index (χ2n) is 17.6. The highest BCUT2D eigenvalue weighted by Crippen LogP contribution is 2.34. The van der Waals surface area contributed by atoms with Crippen LogP contribution in [0, 0.1) is 0 Å². The molecule has 0 radical (unpaired) electrons. The molecule has 0 aromatic heterocycles. The Morgan fingerprint density at radius 2 is 0.935 bits per heavy atom. The van der Waals surface area contributed by atoms with Gasteiger partial charge in [0.05, 0.1) is 47.9 Å². The highest BCUT2D eigenvalue weighted by Gasteiger charge is 2.39. The van der Waals surface area contributed by atoms with Crippen LogP contribution in [0.4, 0.5) is 28.4 Å². The summed E-state index contributed by atoms with van der Waals surface area (Å²) in [4.78, 5) is 156. The SMILES string of the molecule is C.CC(=O)C[C@@H](C=O)NC(=O)CN1C(=O)[C@@H](NC(=O)c2ccc(N(C)C)cc2)CN(C(=O)CO)c2ccccc21.CC(=O)C[C@@H](C=O)NC(=O)CN1C(=O)[C@@H](NC(=O)c2ccc(O)cc2)CN(C(=O)CO)c2ccccc21. The van der Waals surface area contributed by atoms with E-state index in [-0.39, 0.29) is 84.6 Å². The molecule has 77 heavy (non-hydrogen) atoms. The Balaban J connectivity index is 0.000000329. The molecule has 0 spiro atoms. The Morgan fingerprint density at radius 1 is 0.584 bits per heavy atom. The fraction of sp³-hybridized carbons (Fsp3) is 0.321. The van der Waals surface area contributed by atoms with E-state index in [1.807, 2.05) is 19.0 Å². The summed E-state index contributed by atoms with van der Waals surface area (Å²) < 4.78 is 0. The summed E-state index contributed by atoms with van der Waals surface area (Å²) in [7, 11) is 3.71. The fourth-order valence-corrected chi connectivity index (χ4v) is 8.04. The van der Waals surface area contributed by atoms with Crippen molar-refractivity contribution >= 4 is 99.8 Å². The number of phenolic OH excluding ortho intramolecular Hbond substituents is 1. The number of ketones is 2. The highest BCUT2D eigenvalue weighted by molar-refractivity contribution is 6.13. The van der Waals surface area contributed by atoms with Gasteiger partial charge in [0.1, 0.15) is 68.3 Å². The predicted molar refractivity (Wildman–Crippen MR) is 281 cm³/mol. The second kappa shape index (κ2) is 27.9. The monoisotopic (exact) mass is 1060 g/mol. The lowest BCUT2D eigenvalue weighted by molar-refractivity contribution is -0.127. The van der Waals surface area contributed by atoms with E-state index in [2.05, 4.69) is 21.3 Å². The molecule has 4 aromatic carbocycles. The molecule has 0 saturated carbocycles. The molecule has 6 rings (SSSR count). The van der Waals surface area contributed by atoms with E-state index >= 15 is 0 Å². The summed E-state index contributed by atoms with van der Waals surface area (Å²) in [5.41, 5.74) is 2.11. The molecule has 0 fully saturated rings. The molecule has 0 bridgehead atoms. The van der Waals surface area contributed by atoms with E-state index in [0.29, 0.717) is 12.6 Å². The molecular weight excluding hydrogens is 1000 g/mol. The number of aliphatic hydroxyl groups excluding tert-OH is 2. The third-order valence-corrected chi connectivity index (χ3v) is 11.7. The van der Waals surface area contributed by atoms with E-state index in [0.717, 1.165) is 20.4 Å². The molecule has 0 unspecified atom stereocenters. The molecule has 2 heterocycles. The minimum atomic E-state index is -1.32. The lowest BCUT2D eigenvalue weighted by Crippen LogP contribution is -2.55. The summed E-state index contributed by atoms with van der Waals surface area (Å²) in [5.74, 6) is -6.25. The van der Waals surface area contributed by atoms with Crippen LogP contribution in [0.1, 0.15) is 54.8 Å². The molecule has 4 aromatic rings. The Morgan fingerprint density at radius 3 is 1.26 bits per heavy atom. The summed E-state index contributed by atoms with van der Waals surface area (Å²) in [5, 5.41) is 38.6. The maximum Gasteiger partial charge on any atom is 0.252 e. The largest absolute Gasteiger partial charge is 0.508 e. The number of carbonyl (C=O) groups is 12. The molecule has 24 heteroatoms. The van der Waals surface area contributed by atoms with Crippen molar-refractivity contribution in [3.05, 3.63) is 108 Å². The number of rotatable bonds is 19. The van der Waals surface area contributed by atoms with Gasteiger partial charge in [0.25, 0.3) is 35.4 Å². The Hall–Kier alpha value is -9.16. The van der Waals surface area contributed by atoms with Crippen molar-refractivity contribution in [3.63, 3.8) is 0 Å². The van der Waals surface area contributed by atoms with Crippen LogP contribution in [0.2, 0.25) is 0 Å². The van der Waals surface area contributed by atoms with Crippen LogP contribution in [-0.4, -0.2) is 164 Å². The minimum Gasteiger partial charge on any atom is -0.508 e. The zero-order valence-corrected chi connectivity index (χ0v) is 41.8. The first-order valence-electron chi connectivity index (χ1n) is 23.5. The lowest BCUT2D eigenvalue weighted by Gasteiger charge is -2.25. The van der Waals surface area contributed by atoms with Gasteiger partial charge in [-0.1, -0.05) is 31.7 Å². The summed E-state index contributed by atoms with van der Waals surface area (Å²) >= 11 is 0. The number of anilines is 5. The van der Waals surface area contributed by atoms with E-state index in [1.54, 1.807) is 54.6 Å². The second-order valence-corrected chi connectivity index (χ2v) is 17.6.